The predicted octanol–water partition coefficient (Wildman–Crippen LogP) is 4.29. The molecule has 0 saturated carbocycles. The van der Waals surface area contributed by atoms with Gasteiger partial charge >= 0.3 is 0 Å². The average Bonchev–Trinajstić information content (AvgIpc) is 2.34. The topological polar surface area (TPSA) is 50.9 Å². The second-order valence-corrected chi connectivity index (χ2v) is 6.14. The molecule has 1 heterocycles. The highest BCUT2D eigenvalue weighted by Gasteiger charge is 2.13. The number of thiocarbonyl (C=S) groups is 1. The molecule has 3 N–H and O–H groups in total. The third-order valence-corrected chi connectivity index (χ3v) is 3.92. The van der Waals surface area contributed by atoms with Gasteiger partial charge in [0, 0.05) is 17.1 Å². The van der Waals surface area contributed by atoms with Crippen LogP contribution in [0.3, 0.4) is 0 Å². The lowest BCUT2D eigenvalue weighted by molar-refractivity contribution is 0.620. The van der Waals surface area contributed by atoms with Gasteiger partial charge in [0.15, 0.2) is 0 Å². The van der Waals surface area contributed by atoms with E-state index < -0.39 is 0 Å². The molecule has 0 fully saturated rings. The lowest BCUT2D eigenvalue weighted by Gasteiger charge is -2.16. The maximum absolute atomic E-state index is 13.5. The van der Waals surface area contributed by atoms with Gasteiger partial charge in [0.1, 0.15) is 10.8 Å². The van der Waals surface area contributed by atoms with Gasteiger partial charge in [-0.15, -0.1) is 0 Å². The average molecular weight is 368 g/mol. The molecule has 0 radical (unpaired) electrons. The number of nitrogens with two attached hydrogens (primary N) is 1. The van der Waals surface area contributed by atoms with Crippen molar-refractivity contribution < 1.29 is 4.39 Å². The van der Waals surface area contributed by atoms with Crippen molar-refractivity contribution in [2.24, 2.45) is 5.73 Å². The molecule has 0 bridgehead atoms. The van der Waals surface area contributed by atoms with Crippen LogP contribution in [0.15, 0.2) is 22.7 Å². The van der Waals surface area contributed by atoms with Crippen LogP contribution in [0.5, 0.6) is 0 Å². The molecule has 0 aliphatic rings. The molecule has 1 aromatic carbocycles. The molecule has 0 spiro atoms. The number of nitrogens with one attached hydrogen (secondary N) is 1. The zero-order valence-corrected chi connectivity index (χ0v) is 14.3. The van der Waals surface area contributed by atoms with Crippen LogP contribution in [0, 0.1) is 26.6 Å². The molecule has 1 aromatic heterocycles. The normalized spacial score (nSPS) is 10.5. The molecule has 0 amide bonds. The Bertz CT molecular complexity index is 731. The van der Waals surface area contributed by atoms with Gasteiger partial charge in [-0.05, 0) is 60.5 Å². The molecule has 3 nitrogen and oxygen atoms in total. The summed E-state index contributed by atoms with van der Waals surface area (Å²) in [5.74, 6) is -0.297. The Balaban J connectivity index is 2.54. The van der Waals surface area contributed by atoms with Crippen molar-refractivity contribution in [1.29, 1.82) is 0 Å². The third kappa shape index (κ3) is 3.39. The Labute approximate surface area is 136 Å². The fraction of sp³-hybridized carbons (Fsp3) is 0.200. The standard InChI is InChI=1S/C15H15BrFN3S/c1-7-4-11(17)10(16)6-12(7)20-13-5-8(2)19-9(3)14(13)15(18)21/h4-6H,1-3H3,(H2,18,21)(H,19,20). The van der Waals surface area contributed by atoms with Crippen molar-refractivity contribution in [3.8, 4) is 0 Å². The quantitative estimate of drug-likeness (QED) is 0.794. The Morgan fingerprint density at radius 1 is 1.24 bits per heavy atom. The second kappa shape index (κ2) is 6.07. The van der Waals surface area contributed by atoms with Gasteiger partial charge in [-0.1, -0.05) is 12.2 Å². The van der Waals surface area contributed by atoms with E-state index in [0.717, 1.165) is 28.3 Å². The molecular weight excluding hydrogens is 353 g/mol. The molecule has 21 heavy (non-hydrogen) atoms. The van der Waals surface area contributed by atoms with Gasteiger partial charge in [-0.25, -0.2) is 4.39 Å². The van der Waals surface area contributed by atoms with Crippen LogP contribution in [0.4, 0.5) is 15.8 Å². The number of nitrogens with zero attached hydrogens (tertiary/aromatic N) is 1. The summed E-state index contributed by atoms with van der Waals surface area (Å²) in [4.78, 5) is 4.65. The largest absolute Gasteiger partial charge is 0.389 e. The number of pyridine rings is 1. The van der Waals surface area contributed by atoms with Gasteiger partial charge in [-0.3, -0.25) is 4.98 Å². The first-order valence-electron chi connectivity index (χ1n) is 6.30. The number of hydrogen-bond donors (Lipinski definition) is 2. The van der Waals surface area contributed by atoms with E-state index in [-0.39, 0.29) is 10.8 Å². The number of anilines is 2. The van der Waals surface area contributed by atoms with Crippen LogP contribution in [0.1, 0.15) is 22.5 Å². The van der Waals surface area contributed by atoms with Crippen LogP contribution in [0.25, 0.3) is 0 Å². The molecule has 0 aliphatic carbocycles. The molecule has 0 atom stereocenters. The minimum absolute atomic E-state index is 0.279. The van der Waals surface area contributed by atoms with E-state index >= 15 is 0 Å². The Morgan fingerprint density at radius 2 is 1.90 bits per heavy atom. The van der Waals surface area contributed by atoms with E-state index in [0.29, 0.717) is 10.0 Å². The summed E-state index contributed by atoms with van der Waals surface area (Å²) in [7, 11) is 0. The predicted molar refractivity (Wildman–Crippen MR) is 91.7 cm³/mol. The van der Waals surface area contributed by atoms with E-state index in [4.69, 9.17) is 18.0 Å². The maximum Gasteiger partial charge on any atom is 0.137 e. The first-order chi connectivity index (χ1) is 9.79. The molecule has 2 aromatic rings. The lowest BCUT2D eigenvalue weighted by atomic mass is 10.1. The molecule has 0 unspecified atom stereocenters. The van der Waals surface area contributed by atoms with Gasteiger partial charge in [0.05, 0.1) is 15.7 Å². The number of halogens is 2. The van der Waals surface area contributed by atoms with Crippen LogP contribution in [0.2, 0.25) is 0 Å². The fourth-order valence-electron chi connectivity index (χ4n) is 2.16. The van der Waals surface area contributed by atoms with Crippen molar-refractivity contribution in [3.63, 3.8) is 0 Å². The number of benzene rings is 1. The van der Waals surface area contributed by atoms with Crippen molar-refractivity contribution in [2.45, 2.75) is 20.8 Å². The highest BCUT2D eigenvalue weighted by Crippen LogP contribution is 2.29. The number of rotatable bonds is 3. The summed E-state index contributed by atoms with van der Waals surface area (Å²) in [5, 5.41) is 3.27. The van der Waals surface area contributed by atoms with Gasteiger partial charge in [0.2, 0.25) is 0 Å². The lowest BCUT2D eigenvalue weighted by Crippen LogP contribution is -2.15. The van der Waals surface area contributed by atoms with Crippen LogP contribution >= 0.6 is 28.1 Å². The second-order valence-electron chi connectivity index (χ2n) is 4.84. The molecule has 110 valence electrons. The Morgan fingerprint density at radius 3 is 2.52 bits per heavy atom. The van der Waals surface area contributed by atoms with Crippen LogP contribution in [-0.4, -0.2) is 9.97 Å². The van der Waals surface area contributed by atoms with E-state index in [1.165, 1.54) is 6.07 Å². The first kappa shape index (κ1) is 15.9. The Kier molecular flexibility index (Phi) is 4.58. The van der Waals surface area contributed by atoms with Crippen molar-refractivity contribution in [1.82, 2.24) is 4.98 Å². The van der Waals surface area contributed by atoms with Crippen molar-refractivity contribution in [3.05, 3.63) is 51.0 Å². The number of aromatic nitrogens is 1. The van der Waals surface area contributed by atoms with E-state index in [1.54, 1.807) is 6.07 Å². The van der Waals surface area contributed by atoms with Gasteiger partial charge in [0.25, 0.3) is 0 Å². The minimum Gasteiger partial charge on any atom is -0.389 e. The summed E-state index contributed by atoms with van der Waals surface area (Å²) < 4.78 is 13.9. The van der Waals surface area contributed by atoms with Crippen LogP contribution < -0.4 is 11.1 Å². The van der Waals surface area contributed by atoms with E-state index in [9.17, 15) is 4.39 Å². The fourth-order valence-corrected chi connectivity index (χ4v) is 2.77. The first-order valence-corrected chi connectivity index (χ1v) is 7.50. The van der Waals surface area contributed by atoms with Crippen molar-refractivity contribution >= 4 is 44.5 Å². The zero-order chi connectivity index (χ0) is 15.7. The van der Waals surface area contributed by atoms with E-state index in [2.05, 4.69) is 26.2 Å². The number of aryl methyl sites for hydroxylation is 3. The SMILES string of the molecule is Cc1cc(Nc2cc(Br)c(F)cc2C)c(C(N)=S)c(C)n1. The molecular formula is C15H15BrFN3S. The number of hydrogen-bond acceptors (Lipinski definition) is 3. The van der Waals surface area contributed by atoms with E-state index in [1.807, 2.05) is 26.8 Å². The van der Waals surface area contributed by atoms with Crippen molar-refractivity contribution in [2.75, 3.05) is 5.32 Å². The zero-order valence-electron chi connectivity index (χ0n) is 11.9. The van der Waals surface area contributed by atoms with Gasteiger partial charge < -0.3 is 11.1 Å². The summed E-state index contributed by atoms with van der Waals surface area (Å²) in [6.45, 7) is 5.59. The molecule has 0 aliphatic heterocycles. The molecule has 6 heteroatoms. The maximum atomic E-state index is 13.5. The Hall–Kier alpha value is -1.53. The highest BCUT2D eigenvalue weighted by atomic mass is 79.9. The summed E-state index contributed by atoms with van der Waals surface area (Å²) in [6, 6.07) is 5.03. The smallest absolute Gasteiger partial charge is 0.137 e. The third-order valence-electron chi connectivity index (χ3n) is 3.11. The molecule has 2 rings (SSSR count). The highest BCUT2D eigenvalue weighted by molar-refractivity contribution is 9.10. The molecule has 0 saturated heterocycles. The summed E-state index contributed by atoms with van der Waals surface area (Å²) >= 11 is 8.30. The van der Waals surface area contributed by atoms with Crippen LogP contribution in [-0.2, 0) is 0 Å². The minimum atomic E-state index is -0.297. The summed E-state index contributed by atoms with van der Waals surface area (Å²) in [6.07, 6.45) is 0. The monoisotopic (exact) mass is 367 g/mol. The summed E-state index contributed by atoms with van der Waals surface area (Å²) in [5.41, 5.74) is 10.5. The van der Waals surface area contributed by atoms with Gasteiger partial charge in [-0.2, -0.15) is 0 Å².